The second-order valence-electron chi connectivity index (χ2n) is 20.7. The van der Waals surface area contributed by atoms with Crippen LogP contribution >= 0.6 is 0 Å². The largest absolute Gasteiger partial charge is 0.0856 e. The first-order chi connectivity index (χ1) is 32.0. The molecule has 311 valence electrons. The summed E-state index contributed by atoms with van der Waals surface area (Å²) in [4.78, 5) is 0. The van der Waals surface area contributed by atoms with Gasteiger partial charge in [-0.2, -0.15) is 0 Å². The number of fused-ring (bicyclic) bond motifs is 11. The highest BCUT2D eigenvalue weighted by Gasteiger charge is 2.56. The van der Waals surface area contributed by atoms with Crippen LogP contribution in [-0.2, 0) is 18.3 Å². The highest BCUT2D eigenvalue weighted by molar-refractivity contribution is 6.69. The molecule has 9 aliphatic carbocycles. The van der Waals surface area contributed by atoms with Crippen LogP contribution in [0.25, 0.3) is 39.5 Å². The lowest BCUT2D eigenvalue weighted by atomic mass is 9.50. The van der Waals surface area contributed by atoms with Crippen LogP contribution in [0.15, 0.2) is 191 Å². The molecule has 0 bridgehead atoms. The fourth-order valence-electron chi connectivity index (χ4n) is 15.1. The predicted molar refractivity (Wildman–Crippen MR) is 273 cm³/mol. The fraction of sp³-hybridized carbons (Fsp3) is 0.219. The molecule has 0 fully saturated rings. The highest BCUT2D eigenvalue weighted by atomic mass is 28.3. The second kappa shape index (κ2) is 13.4. The van der Waals surface area contributed by atoms with Crippen molar-refractivity contribution in [1.82, 2.24) is 0 Å². The Kier molecular flexibility index (Phi) is 7.62. The molecule has 0 aromatic heterocycles. The topological polar surface area (TPSA) is 0 Å². The molecule has 0 saturated carbocycles. The van der Waals surface area contributed by atoms with Crippen molar-refractivity contribution < 1.29 is 0 Å². The van der Waals surface area contributed by atoms with Crippen molar-refractivity contribution >= 4 is 37.2 Å². The summed E-state index contributed by atoms with van der Waals surface area (Å²) < 4.78 is 0. The monoisotopic (exact) mass is 847 g/mol. The van der Waals surface area contributed by atoms with Crippen LogP contribution < -0.4 is 0 Å². The molecule has 6 atom stereocenters. The average Bonchev–Trinajstić information content (AvgIpc) is 3.97. The van der Waals surface area contributed by atoms with Crippen molar-refractivity contribution in [1.29, 1.82) is 0 Å². The Morgan fingerprint density at radius 3 is 2.35 bits per heavy atom. The lowest BCUT2D eigenvalue weighted by Crippen LogP contribution is -2.48. The molecule has 65 heavy (non-hydrogen) atoms. The Labute approximate surface area is 385 Å². The standard InChI is InChI=1S/C64H51Si/c1-64(57-32-31-50-44-18-8-6-16-42(44)47-21-12-23-53(57)62(47)50)56-24-10-9-19-52(56)63(51-30-29-49-43-17-7-5-15-41(43)46-20-11-22-48(51)61(46)49)55-35-54-45-28-27-40(34-59(45)65(2)60(54)36-58(55)64)39-26-25-37-13-3-4-14-38(37)33-39/h3,5-10,12-13,15-21,23-33,35,40,53,57-58,60H,4,11,14,22,34,36H2,1-2H3. The summed E-state index contributed by atoms with van der Waals surface area (Å²) >= 11 is 0. The van der Waals surface area contributed by atoms with Gasteiger partial charge in [-0.1, -0.05) is 189 Å². The highest BCUT2D eigenvalue weighted by Crippen LogP contribution is 2.66. The van der Waals surface area contributed by atoms with E-state index in [1.54, 1.807) is 38.6 Å². The molecule has 15 rings (SSSR count). The van der Waals surface area contributed by atoms with E-state index in [0.717, 1.165) is 25.7 Å². The molecule has 10 aliphatic rings. The molecule has 0 spiro atoms. The maximum Gasteiger partial charge on any atom is 0.0856 e. The smallest absolute Gasteiger partial charge is 0.0836 e. The van der Waals surface area contributed by atoms with Gasteiger partial charge in [0.25, 0.3) is 0 Å². The number of hydrogen-bond acceptors (Lipinski definition) is 0. The van der Waals surface area contributed by atoms with Gasteiger partial charge < -0.3 is 0 Å². The zero-order chi connectivity index (χ0) is 42.7. The summed E-state index contributed by atoms with van der Waals surface area (Å²) in [7, 11) is -0.844. The van der Waals surface area contributed by atoms with Crippen LogP contribution in [0.5, 0.6) is 0 Å². The Balaban J connectivity index is 0.922. The maximum absolute atomic E-state index is 2.81. The van der Waals surface area contributed by atoms with E-state index in [4.69, 9.17) is 0 Å². The quantitative estimate of drug-likeness (QED) is 0.156. The summed E-state index contributed by atoms with van der Waals surface area (Å²) in [6.45, 7) is 5.39. The molecule has 0 N–H and O–H groups in total. The molecule has 1 aliphatic heterocycles. The zero-order valence-corrected chi connectivity index (χ0v) is 38.3. The Hall–Kier alpha value is -6.28. The van der Waals surface area contributed by atoms with E-state index in [1.165, 1.54) is 96.3 Å². The molecule has 0 saturated heterocycles. The Bertz CT molecular complexity index is 3380. The minimum Gasteiger partial charge on any atom is -0.0836 e. The van der Waals surface area contributed by atoms with Crippen molar-refractivity contribution in [3.8, 4) is 11.1 Å². The molecule has 0 nitrogen and oxygen atoms in total. The normalized spacial score (nSPS) is 27.8. The van der Waals surface area contributed by atoms with Gasteiger partial charge in [0.15, 0.2) is 0 Å². The molecule has 5 aromatic rings. The summed E-state index contributed by atoms with van der Waals surface area (Å²) in [5.41, 5.74) is 31.7. The van der Waals surface area contributed by atoms with Gasteiger partial charge in [0.2, 0.25) is 0 Å². The molecule has 5 aromatic carbocycles. The van der Waals surface area contributed by atoms with E-state index in [-0.39, 0.29) is 5.41 Å². The minimum absolute atomic E-state index is 0.130. The summed E-state index contributed by atoms with van der Waals surface area (Å²) in [5, 5.41) is 1.79. The van der Waals surface area contributed by atoms with Crippen molar-refractivity contribution in [2.75, 3.05) is 0 Å². The maximum atomic E-state index is 2.81. The van der Waals surface area contributed by atoms with Gasteiger partial charge in [0.05, 0.1) is 8.80 Å². The first-order valence-electron chi connectivity index (χ1n) is 24.5. The Morgan fingerprint density at radius 1 is 0.677 bits per heavy atom. The number of aryl methyl sites for hydroxylation is 1. The summed E-state index contributed by atoms with van der Waals surface area (Å²) in [6.07, 6.45) is 34.6. The molecule has 1 heterocycles. The lowest BCUT2D eigenvalue weighted by molar-refractivity contribution is 0.210. The molecule has 1 radical (unpaired) electrons. The predicted octanol–water partition coefficient (Wildman–Crippen LogP) is 15.3. The Morgan fingerprint density at radius 2 is 1.46 bits per heavy atom. The number of benzene rings is 5. The van der Waals surface area contributed by atoms with Crippen molar-refractivity contribution in [2.45, 2.75) is 68.9 Å². The van der Waals surface area contributed by atoms with E-state index in [1.807, 2.05) is 0 Å². The fourth-order valence-corrected chi connectivity index (χ4v) is 18.0. The van der Waals surface area contributed by atoms with Crippen molar-refractivity contribution in [3.05, 3.63) is 253 Å². The van der Waals surface area contributed by atoms with Gasteiger partial charge in [0.1, 0.15) is 0 Å². The second-order valence-corrected chi connectivity index (χ2v) is 23.4. The van der Waals surface area contributed by atoms with E-state index in [2.05, 4.69) is 183 Å². The van der Waals surface area contributed by atoms with Crippen LogP contribution in [-0.4, -0.2) is 8.80 Å². The van der Waals surface area contributed by atoms with Gasteiger partial charge in [-0.25, -0.2) is 0 Å². The van der Waals surface area contributed by atoms with E-state index in [0.29, 0.717) is 29.2 Å². The van der Waals surface area contributed by atoms with E-state index in [9.17, 15) is 0 Å². The van der Waals surface area contributed by atoms with Crippen LogP contribution in [0.4, 0.5) is 0 Å². The van der Waals surface area contributed by atoms with E-state index >= 15 is 0 Å². The molecule has 6 unspecified atom stereocenters. The van der Waals surface area contributed by atoms with Gasteiger partial charge in [0, 0.05) is 17.3 Å². The molecule has 0 amide bonds. The molecular weight excluding hydrogens is 797 g/mol. The van der Waals surface area contributed by atoms with Gasteiger partial charge in [-0.15, -0.1) is 0 Å². The first kappa shape index (κ1) is 37.0. The van der Waals surface area contributed by atoms with Crippen LogP contribution in [0.1, 0.15) is 99.7 Å². The molecular formula is C64H51Si. The van der Waals surface area contributed by atoms with Gasteiger partial charge >= 0.3 is 0 Å². The third kappa shape index (κ3) is 4.87. The van der Waals surface area contributed by atoms with Crippen molar-refractivity contribution in [3.63, 3.8) is 0 Å². The van der Waals surface area contributed by atoms with Crippen LogP contribution in [0.2, 0.25) is 12.1 Å². The van der Waals surface area contributed by atoms with Crippen molar-refractivity contribution in [2.24, 2.45) is 17.8 Å². The van der Waals surface area contributed by atoms with Gasteiger partial charge in [-0.05, 0) is 173 Å². The van der Waals surface area contributed by atoms with Crippen LogP contribution in [0.3, 0.4) is 0 Å². The van der Waals surface area contributed by atoms with E-state index < -0.39 is 8.80 Å². The number of rotatable bonds is 3. The zero-order valence-electron chi connectivity index (χ0n) is 37.3. The first-order valence-corrected chi connectivity index (χ1v) is 26.6. The average molecular weight is 848 g/mol. The van der Waals surface area contributed by atoms with Crippen LogP contribution in [0, 0.1) is 17.8 Å². The molecule has 1 heteroatoms. The number of allylic oxidation sites excluding steroid dienone is 17. The summed E-state index contributed by atoms with van der Waals surface area (Å²) in [6, 6.07) is 40.4. The lowest BCUT2D eigenvalue weighted by Gasteiger charge is -2.54. The SMILES string of the molecule is C[Si]1C2=C(C=CC(c3ccc4c(c3)CCC=C4)C2)C2=CC3=C(c4ccc5c6c4CCC=C6c4ccccc4-5)c4ccccc4C(C)(C4C=CC5=C6C(=CC=CC64)c4ccccc45)C3CC21. The minimum atomic E-state index is -0.844. The third-order valence-electron chi connectivity index (χ3n) is 18.0. The third-order valence-corrected chi connectivity index (χ3v) is 21.0. The number of hydrogen-bond donors (Lipinski definition) is 0. The summed E-state index contributed by atoms with van der Waals surface area (Å²) in [5.74, 6) is 1.46. The van der Waals surface area contributed by atoms with Gasteiger partial charge in [-0.3, -0.25) is 0 Å².